The summed E-state index contributed by atoms with van der Waals surface area (Å²) in [5.41, 5.74) is 7.54. The summed E-state index contributed by atoms with van der Waals surface area (Å²) < 4.78 is 0. The van der Waals surface area contributed by atoms with E-state index in [9.17, 15) is 0 Å². The van der Waals surface area contributed by atoms with Crippen LogP contribution in [0.3, 0.4) is 0 Å². The van der Waals surface area contributed by atoms with Gasteiger partial charge in [0.2, 0.25) is 0 Å². The van der Waals surface area contributed by atoms with Crippen molar-refractivity contribution in [1.29, 1.82) is 0 Å². The molecule has 0 spiro atoms. The molecule has 1 heterocycles. The number of hydrogen-bond donors (Lipinski definition) is 0. The molecule has 1 heteroatoms. The molecule has 0 N–H and O–H groups in total. The molecule has 1 aliphatic carbocycles. The van der Waals surface area contributed by atoms with Crippen LogP contribution in [0.2, 0.25) is 0 Å². The Morgan fingerprint density at radius 2 is 1.76 bits per heavy atom. The van der Waals surface area contributed by atoms with Gasteiger partial charge in [-0.1, -0.05) is 67.1 Å². The molecular formula is C20H21N. The van der Waals surface area contributed by atoms with E-state index in [1.165, 1.54) is 41.8 Å². The summed E-state index contributed by atoms with van der Waals surface area (Å²) in [7, 11) is 0. The number of rotatable bonds is 2. The van der Waals surface area contributed by atoms with Gasteiger partial charge in [-0.3, -0.25) is 0 Å². The minimum Gasteiger partial charge on any atom is -0.302 e. The third-order valence-electron chi connectivity index (χ3n) is 5.00. The third kappa shape index (κ3) is 2.04. The Morgan fingerprint density at radius 1 is 1.00 bits per heavy atom. The Labute approximate surface area is 126 Å². The minimum absolute atomic E-state index is 0.602. The molecule has 1 saturated heterocycles. The number of hydrogen-bond acceptors (Lipinski definition) is 1. The van der Waals surface area contributed by atoms with Gasteiger partial charge in [-0.25, -0.2) is 0 Å². The average Bonchev–Trinajstić information content (AvgIpc) is 2.89. The van der Waals surface area contributed by atoms with Gasteiger partial charge in [0, 0.05) is 19.0 Å². The molecule has 1 unspecified atom stereocenters. The second-order valence-electron chi connectivity index (χ2n) is 6.05. The van der Waals surface area contributed by atoms with Crippen LogP contribution in [0, 0.1) is 0 Å². The van der Waals surface area contributed by atoms with Gasteiger partial charge < -0.3 is 4.90 Å². The zero-order chi connectivity index (χ0) is 14.2. The van der Waals surface area contributed by atoms with Crippen molar-refractivity contribution in [2.24, 2.45) is 0 Å². The summed E-state index contributed by atoms with van der Waals surface area (Å²) in [5, 5.41) is 0. The highest BCUT2D eigenvalue weighted by Gasteiger charge is 2.34. The zero-order valence-electron chi connectivity index (χ0n) is 12.5. The van der Waals surface area contributed by atoms with Crippen molar-refractivity contribution in [3.8, 4) is 0 Å². The van der Waals surface area contributed by atoms with Gasteiger partial charge in [-0.2, -0.15) is 0 Å². The molecule has 0 bridgehead atoms. The number of benzene rings is 2. The van der Waals surface area contributed by atoms with Crippen molar-refractivity contribution in [3.05, 3.63) is 76.9 Å². The largest absolute Gasteiger partial charge is 0.302 e. The first kappa shape index (κ1) is 12.8. The SMILES string of the molecule is CCN1CCC2=C(c3ccccc3)c3ccccc3C2C1. The van der Waals surface area contributed by atoms with Crippen molar-refractivity contribution in [3.63, 3.8) is 0 Å². The molecular weight excluding hydrogens is 254 g/mol. The van der Waals surface area contributed by atoms with E-state index < -0.39 is 0 Å². The van der Waals surface area contributed by atoms with Crippen molar-refractivity contribution >= 4 is 5.57 Å². The van der Waals surface area contributed by atoms with E-state index in [0.717, 1.165) is 6.54 Å². The summed E-state index contributed by atoms with van der Waals surface area (Å²) in [6.07, 6.45) is 1.21. The lowest BCUT2D eigenvalue weighted by Gasteiger charge is -2.32. The Bertz CT molecular complexity index is 684. The fourth-order valence-electron chi connectivity index (χ4n) is 3.93. The van der Waals surface area contributed by atoms with Gasteiger partial charge in [-0.15, -0.1) is 0 Å². The maximum absolute atomic E-state index is 2.58. The molecule has 0 amide bonds. The van der Waals surface area contributed by atoms with Gasteiger partial charge in [0.1, 0.15) is 0 Å². The van der Waals surface area contributed by atoms with Crippen LogP contribution in [-0.4, -0.2) is 24.5 Å². The van der Waals surface area contributed by atoms with E-state index in [1.807, 2.05) is 0 Å². The quantitative estimate of drug-likeness (QED) is 0.789. The van der Waals surface area contributed by atoms with Crippen molar-refractivity contribution < 1.29 is 0 Å². The monoisotopic (exact) mass is 275 g/mol. The van der Waals surface area contributed by atoms with E-state index in [0.29, 0.717) is 5.92 Å². The Kier molecular flexibility index (Phi) is 3.16. The van der Waals surface area contributed by atoms with E-state index in [-0.39, 0.29) is 0 Å². The molecule has 1 atom stereocenters. The summed E-state index contributed by atoms with van der Waals surface area (Å²) in [4.78, 5) is 2.58. The van der Waals surface area contributed by atoms with E-state index in [2.05, 4.69) is 66.4 Å². The first-order chi connectivity index (χ1) is 10.4. The second-order valence-corrected chi connectivity index (χ2v) is 6.05. The minimum atomic E-state index is 0.602. The molecule has 1 nitrogen and oxygen atoms in total. The zero-order valence-corrected chi connectivity index (χ0v) is 12.5. The highest BCUT2D eigenvalue weighted by atomic mass is 15.1. The summed E-state index contributed by atoms with van der Waals surface area (Å²) in [5.74, 6) is 0.602. The smallest absolute Gasteiger partial charge is 0.0192 e. The fourth-order valence-corrected chi connectivity index (χ4v) is 3.93. The number of piperidine rings is 1. The maximum atomic E-state index is 2.58. The molecule has 2 aromatic rings. The van der Waals surface area contributed by atoms with Crippen LogP contribution in [0.4, 0.5) is 0 Å². The molecule has 4 rings (SSSR count). The molecule has 2 aliphatic rings. The highest BCUT2D eigenvalue weighted by Crippen LogP contribution is 2.48. The Hall–Kier alpha value is -1.86. The lowest BCUT2D eigenvalue weighted by molar-refractivity contribution is 0.254. The van der Waals surface area contributed by atoms with Crippen molar-refractivity contribution in [2.45, 2.75) is 19.3 Å². The predicted octanol–water partition coefficient (Wildman–Crippen LogP) is 4.31. The number of likely N-dealkylation sites (tertiary alicyclic amines) is 1. The van der Waals surface area contributed by atoms with Crippen molar-refractivity contribution in [2.75, 3.05) is 19.6 Å². The van der Waals surface area contributed by atoms with E-state index >= 15 is 0 Å². The molecule has 106 valence electrons. The first-order valence-corrected chi connectivity index (χ1v) is 7.98. The van der Waals surface area contributed by atoms with Crippen LogP contribution >= 0.6 is 0 Å². The summed E-state index contributed by atoms with van der Waals surface area (Å²) in [6, 6.07) is 19.9. The van der Waals surface area contributed by atoms with Gasteiger partial charge >= 0.3 is 0 Å². The normalized spacial score (nSPS) is 21.3. The van der Waals surface area contributed by atoms with Gasteiger partial charge in [0.15, 0.2) is 0 Å². The molecule has 0 saturated carbocycles. The van der Waals surface area contributed by atoms with Crippen LogP contribution in [0.25, 0.3) is 5.57 Å². The lowest BCUT2D eigenvalue weighted by atomic mass is 9.89. The Morgan fingerprint density at radius 3 is 2.57 bits per heavy atom. The predicted molar refractivity (Wildman–Crippen MR) is 88.4 cm³/mol. The van der Waals surface area contributed by atoms with E-state index in [4.69, 9.17) is 0 Å². The number of fused-ring (bicyclic) bond motifs is 3. The molecule has 2 aromatic carbocycles. The standard InChI is InChI=1S/C20H21N/c1-2-21-13-12-18-19(14-21)16-10-6-7-11-17(16)20(18)15-8-4-3-5-9-15/h3-11,19H,2,12-14H2,1H3. The highest BCUT2D eigenvalue weighted by molar-refractivity contribution is 5.88. The average molecular weight is 275 g/mol. The molecule has 1 aliphatic heterocycles. The molecule has 0 aromatic heterocycles. The molecule has 0 radical (unpaired) electrons. The van der Waals surface area contributed by atoms with Crippen LogP contribution in [0.15, 0.2) is 60.2 Å². The number of nitrogens with zero attached hydrogens (tertiary/aromatic N) is 1. The van der Waals surface area contributed by atoms with Gasteiger partial charge in [0.05, 0.1) is 0 Å². The second kappa shape index (κ2) is 5.16. The fraction of sp³-hybridized carbons (Fsp3) is 0.300. The van der Waals surface area contributed by atoms with Gasteiger partial charge in [0.25, 0.3) is 0 Å². The summed E-state index contributed by atoms with van der Waals surface area (Å²) in [6.45, 7) is 5.81. The topological polar surface area (TPSA) is 3.24 Å². The first-order valence-electron chi connectivity index (χ1n) is 7.98. The summed E-state index contributed by atoms with van der Waals surface area (Å²) >= 11 is 0. The van der Waals surface area contributed by atoms with E-state index in [1.54, 1.807) is 5.57 Å². The maximum Gasteiger partial charge on any atom is 0.0192 e. The Balaban J connectivity index is 1.87. The van der Waals surface area contributed by atoms with Crippen LogP contribution in [0.1, 0.15) is 36.0 Å². The molecule has 21 heavy (non-hydrogen) atoms. The number of likely N-dealkylation sites (N-methyl/N-ethyl adjacent to an activating group) is 1. The van der Waals surface area contributed by atoms with Crippen molar-refractivity contribution in [1.82, 2.24) is 4.90 Å². The van der Waals surface area contributed by atoms with Crippen LogP contribution in [-0.2, 0) is 0 Å². The third-order valence-corrected chi connectivity index (χ3v) is 5.00. The van der Waals surface area contributed by atoms with Crippen LogP contribution in [0.5, 0.6) is 0 Å². The van der Waals surface area contributed by atoms with Gasteiger partial charge in [-0.05, 0) is 35.2 Å². The van der Waals surface area contributed by atoms with Crippen LogP contribution < -0.4 is 0 Å². The lowest BCUT2D eigenvalue weighted by Crippen LogP contribution is -2.34. The molecule has 1 fully saturated rings.